The molecular formula is C13H24N2O3. The fraction of sp³-hybridized carbons (Fsp3) is 0.846. The molecular weight excluding hydrogens is 232 g/mol. The van der Waals surface area contributed by atoms with Gasteiger partial charge in [-0.3, -0.25) is 4.79 Å². The molecule has 104 valence electrons. The zero-order valence-corrected chi connectivity index (χ0v) is 11.2. The average molecular weight is 256 g/mol. The second-order valence-corrected chi connectivity index (χ2v) is 5.58. The van der Waals surface area contributed by atoms with Crippen molar-refractivity contribution in [3.05, 3.63) is 0 Å². The van der Waals surface area contributed by atoms with E-state index in [0.29, 0.717) is 6.42 Å². The molecule has 1 aliphatic carbocycles. The number of carbonyl (C=O) groups is 2. The third-order valence-electron chi connectivity index (χ3n) is 3.48. The van der Waals surface area contributed by atoms with E-state index in [-0.39, 0.29) is 23.8 Å². The third kappa shape index (κ3) is 4.29. The Bertz CT molecular complexity index is 305. The van der Waals surface area contributed by atoms with E-state index in [1.807, 2.05) is 13.8 Å². The van der Waals surface area contributed by atoms with Crippen molar-refractivity contribution in [1.29, 1.82) is 0 Å². The Kier molecular flexibility index (Phi) is 5.59. The largest absolute Gasteiger partial charge is 0.480 e. The van der Waals surface area contributed by atoms with Crippen molar-refractivity contribution in [3.8, 4) is 0 Å². The van der Waals surface area contributed by atoms with Gasteiger partial charge in [0.15, 0.2) is 0 Å². The summed E-state index contributed by atoms with van der Waals surface area (Å²) in [4.78, 5) is 23.1. The summed E-state index contributed by atoms with van der Waals surface area (Å²) in [5.41, 5.74) is 5.92. The maximum Gasteiger partial charge on any atom is 0.326 e. The van der Waals surface area contributed by atoms with Gasteiger partial charge < -0.3 is 16.2 Å². The number of hydrogen-bond acceptors (Lipinski definition) is 3. The van der Waals surface area contributed by atoms with Crippen LogP contribution in [0.15, 0.2) is 0 Å². The summed E-state index contributed by atoms with van der Waals surface area (Å²) in [7, 11) is 0. The number of carbonyl (C=O) groups excluding carboxylic acids is 1. The van der Waals surface area contributed by atoms with Crippen molar-refractivity contribution in [2.75, 3.05) is 0 Å². The van der Waals surface area contributed by atoms with E-state index in [0.717, 1.165) is 25.7 Å². The maximum absolute atomic E-state index is 12.1. The van der Waals surface area contributed by atoms with Gasteiger partial charge in [0.25, 0.3) is 0 Å². The molecule has 2 unspecified atom stereocenters. The summed E-state index contributed by atoms with van der Waals surface area (Å²) in [6, 6.07) is -0.932. The van der Waals surface area contributed by atoms with E-state index in [9.17, 15) is 9.59 Å². The van der Waals surface area contributed by atoms with Gasteiger partial charge in [0.2, 0.25) is 5.91 Å². The summed E-state index contributed by atoms with van der Waals surface area (Å²) < 4.78 is 0. The van der Waals surface area contributed by atoms with Gasteiger partial charge in [-0.25, -0.2) is 4.79 Å². The van der Waals surface area contributed by atoms with Gasteiger partial charge >= 0.3 is 5.97 Å². The highest BCUT2D eigenvalue weighted by Crippen LogP contribution is 2.23. The van der Waals surface area contributed by atoms with Gasteiger partial charge in [-0.15, -0.1) is 0 Å². The van der Waals surface area contributed by atoms with Crippen LogP contribution in [0.4, 0.5) is 0 Å². The molecule has 0 bridgehead atoms. The summed E-state index contributed by atoms with van der Waals surface area (Å²) >= 11 is 0. The van der Waals surface area contributed by atoms with E-state index in [1.165, 1.54) is 0 Å². The summed E-state index contributed by atoms with van der Waals surface area (Å²) in [6.07, 6.45) is 4.11. The Morgan fingerprint density at radius 3 is 2.44 bits per heavy atom. The zero-order valence-electron chi connectivity index (χ0n) is 11.2. The number of nitrogens with one attached hydrogen (secondary N) is 1. The van der Waals surface area contributed by atoms with Crippen LogP contribution in [0, 0.1) is 11.8 Å². The molecule has 1 aliphatic rings. The predicted octanol–water partition coefficient (Wildman–Crippen LogP) is 1.12. The standard InChI is InChI=1S/C13H24N2O3/c1-8(2)7-11(13(17)18)15-12(16)9-5-3-4-6-10(9)14/h8-11H,3-7,14H2,1-2H3,(H,15,16)(H,17,18)/t9?,10?,11-/m0/s1. The maximum atomic E-state index is 12.1. The lowest BCUT2D eigenvalue weighted by atomic mass is 9.84. The van der Waals surface area contributed by atoms with E-state index in [4.69, 9.17) is 10.8 Å². The van der Waals surface area contributed by atoms with Crippen molar-refractivity contribution in [2.24, 2.45) is 17.6 Å². The molecule has 0 spiro atoms. The molecule has 1 amide bonds. The molecule has 0 aromatic heterocycles. The van der Waals surface area contributed by atoms with Gasteiger partial charge in [0, 0.05) is 6.04 Å². The zero-order chi connectivity index (χ0) is 13.7. The molecule has 0 heterocycles. The molecule has 0 saturated heterocycles. The van der Waals surface area contributed by atoms with E-state index < -0.39 is 12.0 Å². The number of aliphatic carboxylic acids is 1. The van der Waals surface area contributed by atoms with Crippen LogP contribution in [0.25, 0.3) is 0 Å². The molecule has 1 saturated carbocycles. The highest BCUT2D eigenvalue weighted by Gasteiger charge is 2.31. The van der Waals surface area contributed by atoms with Crippen molar-refractivity contribution in [1.82, 2.24) is 5.32 Å². The monoisotopic (exact) mass is 256 g/mol. The number of carboxylic acid groups (broad SMARTS) is 1. The lowest BCUT2D eigenvalue weighted by Gasteiger charge is -2.29. The lowest BCUT2D eigenvalue weighted by molar-refractivity contribution is -0.143. The fourth-order valence-electron chi connectivity index (χ4n) is 2.46. The van der Waals surface area contributed by atoms with Crippen molar-refractivity contribution in [2.45, 2.75) is 58.0 Å². The van der Waals surface area contributed by atoms with Gasteiger partial charge in [-0.05, 0) is 25.2 Å². The van der Waals surface area contributed by atoms with Crippen molar-refractivity contribution >= 4 is 11.9 Å². The molecule has 1 fully saturated rings. The van der Waals surface area contributed by atoms with Crippen LogP contribution in [0.2, 0.25) is 0 Å². The fourth-order valence-corrected chi connectivity index (χ4v) is 2.46. The molecule has 0 aromatic rings. The van der Waals surface area contributed by atoms with Gasteiger partial charge in [-0.1, -0.05) is 26.7 Å². The second kappa shape index (κ2) is 6.73. The number of hydrogen-bond donors (Lipinski definition) is 3. The van der Waals surface area contributed by atoms with Crippen LogP contribution in [0.1, 0.15) is 46.0 Å². The Balaban J connectivity index is 2.57. The first kappa shape index (κ1) is 15.0. The lowest BCUT2D eigenvalue weighted by Crippen LogP contribution is -2.49. The van der Waals surface area contributed by atoms with Crippen LogP contribution >= 0.6 is 0 Å². The van der Waals surface area contributed by atoms with Gasteiger partial charge in [0.1, 0.15) is 6.04 Å². The first-order chi connectivity index (χ1) is 8.41. The highest BCUT2D eigenvalue weighted by atomic mass is 16.4. The predicted molar refractivity (Wildman–Crippen MR) is 69.0 cm³/mol. The summed E-state index contributed by atoms with van der Waals surface area (Å²) in [5.74, 6) is -1.17. The topological polar surface area (TPSA) is 92.4 Å². The Morgan fingerprint density at radius 1 is 1.33 bits per heavy atom. The Hall–Kier alpha value is -1.10. The molecule has 5 heteroatoms. The first-order valence-electron chi connectivity index (χ1n) is 6.70. The second-order valence-electron chi connectivity index (χ2n) is 5.58. The molecule has 3 atom stereocenters. The number of nitrogens with two attached hydrogens (primary N) is 1. The van der Waals surface area contributed by atoms with Crippen LogP contribution in [-0.2, 0) is 9.59 Å². The van der Waals surface area contributed by atoms with E-state index >= 15 is 0 Å². The molecule has 18 heavy (non-hydrogen) atoms. The molecule has 0 aliphatic heterocycles. The molecule has 0 radical (unpaired) electrons. The Labute approximate surface area is 108 Å². The summed E-state index contributed by atoms with van der Waals surface area (Å²) in [5, 5.41) is 11.7. The Morgan fingerprint density at radius 2 is 1.94 bits per heavy atom. The van der Waals surface area contributed by atoms with Crippen LogP contribution in [0.3, 0.4) is 0 Å². The first-order valence-corrected chi connectivity index (χ1v) is 6.70. The highest BCUT2D eigenvalue weighted by molar-refractivity contribution is 5.85. The number of carboxylic acids is 1. The normalized spacial score (nSPS) is 25.8. The van der Waals surface area contributed by atoms with E-state index in [1.54, 1.807) is 0 Å². The SMILES string of the molecule is CC(C)C[C@H](NC(=O)C1CCCCC1N)C(=O)O. The van der Waals surface area contributed by atoms with Crippen LogP contribution in [-0.4, -0.2) is 29.1 Å². The summed E-state index contributed by atoms with van der Waals surface area (Å²) in [6.45, 7) is 3.88. The number of rotatable bonds is 5. The molecule has 5 nitrogen and oxygen atoms in total. The third-order valence-corrected chi connectivity index (χ3v) is 3.48. The molecule has 0 aromatic carbocycles. The molecule has 4 N–H and O–H groups in total. The van der Waals surface area contributed by atoms with E-state index in [2.05, 4.69) is 5.32 Å². The number of amides is 1. The van der Waals surface area contributed by atoms with Crippen molar-refractivity contribution < 1.29 is 14.7 Å². The minimum absolute atomic E-state index is 0.132. The average Bonchev–Trinajstić information content (AvgIpc) is 2.27. The van der Waals surface area contributed by atoms with Crippen LogP contribution < -0.4 is 11.1 Å². The minimum Gasteiger partial charge on any atom is -0.480 e. The molecule has 1 rings (SSSR count). The van der Waals surface area contributed by atoms with Crippen molar-refractivity contribution in [3.63, 3.8) is 0 Å². The minimum atomic E-state index is -0.971. The smallest absolute Gasteiger partial charge is 0.326 e. The van der Waals surface area contributed by atoms with Gasteiger partial charge in [0.05, 0.1) is 5.92 Å². The quantitative estimate of drug-likeness (QED) is 0.687. The van der Waals surface area contributed by atoms with Crippen LogP contribution in [0.5, 0.6) is 0 Å². The van der Waals surface area contributed by atoms with Gasteiger partial charge in [-0.2, -0.15) is 0 Å².